The van der Waals surface area contributed by atoms with Gasteiger partial charge in [0.05, 0.1) is 35.2 Å². The van der Waals surface area contributed by atoms with Crippen LogP contribution in [0.1, 0.15) is 18.4 Å². The fourth-order valence-corrected chi connectivity index (χ4v) is 5.65. The van der Waals surface area contributed by atoms with Crippen LogP contribution < -0.4 is 10.1 Å². The van der Waals surface area contributed by atoms with Gasteiger partial charge in [0.25, 0.3) is 0 Å². The lowest BCUT2D eigenvalue weighted by molar-refractivity contribution is 0.416. The summed E-state index contributed by atoms with van der Waals surface area (Å²) >= 11 is 0. The van der Waals surface area contributed by atoms with Gasteiger partial charge in [0, 0.05) is 26.6 Å². The van der Waals surface area contributed by atoms with Crippen LogP contribution in [0.5, 0.6) is 5.75 Å². The molecule has 0 saturated carbocycles. The molecule has 30 heavy (non-hydrogen) atoms. The molecule has 156 valence electrons. The van der Waals surface area contributed by atoms with Gasteiger partial charge in [-0.2, -0.15) is 4.31 Å². The quantitative estimate of drug-likeness (QED) is 0.694. The average Bonchev–Trinajstić information content (AvgIpc) is 3.47. The number of aliphatic imine (C=N–C) groups is 1. The number of fused-ring (bicyclic) bond motifs is 3. The van der Waals surface area contributed by atoms with Crippen molar-refractivity contribution in [1.82, 2.24) is 13.9 Å². The highest BCUT2D eigenvalue weighted by Crippen LogP contribution is 2.36. The third-order valence-electron chi connectivity index (χ3n) is 5.71. The molecule has 0 amide bonds. The second-order valence-electron chi connectivity index (χ2n) is 7.63. The highest BCUT2D eigenvalue weighted by atomic mass is 32.2. The Labute approximate surface area is 175 Å². The molecular formula is C21H23N5O3S. The average molecular weight is 426 g/mol. The minimum absolute atomic E-state index is 0.260. The van der Waals surface area contributed by atoms with E-state index in [-0.39, 0.29) is 4.90 Å². The molecule has 1 saturated heterocycles. The lowest BCUT2D eigenvalue weighted by Gasteiger charge is -2.17. The summed E-state index contributed by atoms with van der Waals surface area (Å²) in [7, 11) is 0.00801. The molecule has 2 aliphatic heterocycles. The maximum absolute atomic E-state index is 13.0. The monoisotopic (exact) mass is 425 g/mol. The number of rotatable bonds is 4. The third kappa shape index (κ3) is 3.05. The van der Waals surface area contributed by atoms with E-state index in [2.05, 4.69) is 16.4 Å². The lowest BCUT2D eigenvalue weighted by Crippen LogP contribution is -2.28. The zero-order valence-corrected chi connectivity index (χ0v) is 17.7. The van der Waals surface area contributed by atoms with Crippen LogP contribution >= 0.6 is 0 Å². The number of nitrogens with one attached hydrogen (secondary N) is 1. The number of hydrogen-bond donors (Lipinski definition) is 1. The summed E-state index contributed by atoms with van der Waals surface area (Å²) in [6.07, 6.45) is 4.20. The number of imidazole rings is 1. The zero-order chi connectivity index (χ0) is 20.9. The molecule has 1 N–H and O–H groups in total. The van der Waals surface area contributed by atoms with Crippen molar-refractivity contribution in [2.75, 3.05) is 25.5 Å². The van der Waals surface area contributed by atoms with Crippen molar-refractivity contribution in [3.63, 3.8) is 0 Å². The lowest BCUT2D eigenvalue weighted by atomic mass is 10.1. The van der Waals surface area contributed by atoms with Crippen molar-refractivity contribution < 1.29 is 13.2 Å². The van der Waals surface area contributed by atoms with Crippen LogP contribution in [0.4, 0.5) is 11.4 Å². The maximum atomic E-state index is 13.0. The van der Waals surface area contributed by atoms with Crippen LogP contribution in [0, 0.1) is 0 Å². The van der Waals surface area contributed by atoms with Gasteiger partial charge in [-0.15, -0.1) is 0 Å². The number of amidine groups is 1. The second-order valence-corrected chi connectivity index (χ2v) is 9.57. The van der Waals surface area contributed by atoms with Gasteiger partial charge in [-0.25, -0.2) is 18.4 Å². The second kappa shape index (κ2) is 7.10. The number of hydrogen-bond acceptors (Lipinski definition) is 6. The van der Waals surface area contributed by atoms with Gasteiger partial charge in [0.15, 0.2) is 0 Å². The highest BCUT2D eigenvalue weighted by molar-refractivity contribution is 7.89. The molecule has 0 bridgehead atoms. The van der Waals surface area contributed by atoms with Gasteiger partial charge in [-0.3, -0.25) is 0 Å². The molecule has 0 atom stereocenters. The largest absolute Gasteiger partial charge is 0.495 e. The molecule has 0 unspecified atom stereocenters. The molecular weight excluding hydrogens is 402 g/mol. The molecule has 1 aromatic heterocycles. The van der Waals surface area contributed by atoms with Crippen molar-refractivity contribution in [3.8, 4) is 5.75 Å². The Kier molecular flexibility index (Phi) is 4.52. The molecule has 9 heteroatoms. The predicted octanol–water partition coefficient (Wildman–Crippen LogP) is 3.06. The molecule has 5 rings (SSSR count). The van der Waals surface area contributed by atoms with Gasteiger partial charge in [-0.1, -0.05) is 6.07 Å². The molecule has 0 radical (unpaired) electrons. The van der Waals surface area contributed by atoms with Crippen LogP contribution in [0.3, 0.4) is 0 Å². The van der Waals surface area contributed by atoms with E-state index in [4.69, 9.17) is 9.73 Å². The summed E-state index contributed by atoms with van der Waals surface area (Å²) in [5.74, 6) is 1.30. The Bertz CT molecular complexity index is 1270. The minimum Gasteiger partial charge on any atom is -0.495 e. The van der Waals surface area contributed by atoms with Crippen molar-refractivity contribution >= 4 is 38.3 Å². The first-order chi connectivity index (χ1) is 14.5. The van der Waals surface area contributed by atoms with E-state index >= 15 is 0 Å². The Morgan fingerprint density at radius 3 is 2.70 bits per heavy atom. The number of anilines is 1. The predicted molar refractivity (Wildman–Crippen MR) is 116 cm³/mol. The van der Waals surface area contributed by atoms with Gasteiger partial charge in [-0.05, 0) is 42.7 Å². The number of methoxy groups -OCH3 is 1. The number of aryl methyl sites for hydroxylation is 1. The molecule has 1 fully saturated rings. The van der Waals surface area contributed by atoms with Crippen molar-refractivity contribution in [2.45, 2.75) is 24.2 Å². The van der Waals surface area contributed by atoms with Crippen molar-refractivity contribution in [1.29, 1.82) is 0 Å². The summed E-state index contributed by atoms with van der Waals surface area (Å²) in [6.45, 7) is 1.14. The number of nitrogens with zero attached hydrogens (tertiary/aromatic N) is 4. The summed E-state index contributed by atoms with van der Waals surface area (Å²) in [6, 6.07) is 9.02. The number of aromatic nitrogens is 2. The molecule has 0 aliphatic carbocycles. The number of sulfonamides is 1. The molecule has 0 spiro atoms. The first kappa shape index (κ1) is 19.1. The number of ether oxygens (including phenoxy) is 1. The van der Waals surface area contributed by atoms with Gasteiger partial charge < -0.3 is 14.6 Å². The van der Waals surface area contributed by atoms with Crippen LogP contribution in [-0.4, -0.2) is 48.3 Å². The van der Waals surface area contributed by atoms with Crippen LogP contribution in [0.25, 0.3) is 11.0 Å². The molecule has 2 aromatic carbocycles. The molecule has 3 heterocycles. The summed E-state index contributed by atoms with van der Waals surface area (Å²) in [4.78, 5) is 9.48. The van der Waals surface area contributed by atoms with E-state index in [0.29, 0.717) is 30.9 Å². The standard InChI is InChI=1S/C21H23N5O3S/c1-25-13-22-21-17(25)7-5-14-11-19(24-20(14)21)23-16-12-15(6-8-18(16)29-2)30(27,28)26-9-3-4-10-26/h5-8,12-13H,3-4,9-11H2,1-2H3,(H,23,24). The normalized spacial score (nSPS) is 16.7. The highest BCUT2D eigenvalue weighted by Gasteiger charge is 2.28. The Morgan fingerprint density at radius 2 is 1.93 bits per heavy atom. The molecule has 2 aliphatic rings. The first-order valence-corrected chi connectivity index (χ1v) is 11.4. The Morgan fingerprint density at radius 1 is 1.13 bits per heavy atom. The summed E-state index contributed by atoms with van der Waals surface area (Å²) in [5.41, 5.74) is 4.42. The maximum Gasteiger partial charge on any atom is 0.243 e. The van der Waals surface area contributed by atoms with Gasteiger partial charge in [0.1, 0.15) is 17.1 Å². The minimum atomic E-state index is -3.51. The Balaban J connectivity index is 1.49. The van der Waals surface area contributed by atoms with Gasteiger partial charge in [0.2, 0.25) is 10.0 Å². The van der Waals surface area contributed by atoms with E-state index in [1.807, 2.05) is 17.7 Å². The SMILES string of the molecule is COc1ccc(S(=O)(=O)N2CCCC2)cc1NC1=Nc2c(ccc3c2ncn3C)C1. The van der Waals surface area contributed by atoms with Crippen molar-refractivity contribution in [3.05, 3.63) is 42.2 Å². The van der Waals surface area contributed by atoms with E-state index in [1.165, 1.54) is 0 Å². The summed E-state index contributed by atoms with van der Waals surface area (Å²) in [5, 5.41) is 3.29. The van der Waals surface area contributed by atoms with E-state index in [9.17, 15) is 8.42 Å². The Hall–Kier alpha value is -2.91. The zero-order valence-electron chi connectivity index (χ0n) is 16.9. The van der Waals surface area contributed by atoms with Crippen LogP contribution in [-0.2, 0) is 23.5 Å². The van der Waals surface area contributed by atoms with Crippen LogP contribution in [0.2, 0.25) is 0 Å². The number of benzene rings is 2. The van der Waals surface area contributed by atoms with Gasteiger partial charge >= 0.3 is 0 Å². The fourth-order valence-electron chi connectivity index (χ4n) is 4.10. The topological polar surface area (TPSA) is 88.8 Å². The fraction of sp³-hybridized carbons (Fsp3) is 0.333. The van der Waals surface area contributed by atoms with Crippen molar-refractivity contribution in [2.24, 2.45) is 12.0 Å². The molecule has 8 nitrogen and oxygen atoms in total. The third-order valence-corrected chi connectivity index (χ3v) is 7.61. The van der Waals surface area contributed by atoms with E-state index < -0.39 is 10.0 Å². The smallest absolute Gasteiger partial charge is 0.243 e. The van der Waals surface area contributed by atoms with Crippen LogP contribution in [0.15, 0.2) is 46.5 Å². The summed E-state index contributed by atoms with van der Waals surface area (Å²) < 4.78 is 34.9. The van der Waals surface area contributed by atoms with E-state index in [0.717, 1.165) is 41.0 Å². The first-order valence-electron chi connectivity index (χ1n) is 9.93. The molecule has 3 aromatic rings. The van der Waals surface area contributed by atoms with E-state index in [1.54, 1.807) is 35.9 Å².